The average molecular weight is 317 g/mol. The average Bonchev–Trinajstić information content (AvgIpc) is 2.30. The van der Waals surface area contributed by atoms with Gasteiger partial charge < -0.3 is 5.11 Å². The predicted molar refractivity (Wildman–Crippen MR) is 76.0 cm³/mol. The standard InChI is InChI=1S/C13H8Cl3NO2/c14-8-3-7(4-9(15)5-8)11-2-1-10(16)12(17-11)6-13(18)19/h1-5H,6H2,(H,18,19). The van der Waals surface area contributed by atoms with Crippen molar-refractivity contribution in [3.63, 3.8) is 0 Å². The van der Waals surface area contributed by atoms with E-state index in [1.165, 1.54) is 0 Å². The van der Waals surface area contributed by atoms with E-state index in [9.17, 15) is 4.79 Å². The third kappa shape index (κ3) is 3.60. The molecule has 19 heavy (non-hydrogen) atoms. The van der Waals surface area contributed by atoms with E-state index < -0.39 is 5.97 Å². The van der Waals surface area contributed by atoms with Gasteiger partial charge in [-0.25, -0.2) is 0 Å². The Balaban J connectivity index is 2.47. The lowest BCUT2D eigenvalue weighted by Crippen LogP contribution is -2.03. The van der Waals surface area contributed by atoms with Crippen LogP contribution < -0.4 is 0 Å². The minimum Gasteiger partial charge on any atom is -0.481 e. The van der Waals surface area contributed by atoms with Crippen LogP contribution in [0.4, 0.5) is 0 Å². The van der Waals surface area contributed by atoms with Crippen LogP contribution in [0, 0.1) is 0 Å². The second-order valence-electron chi connectivity index (χ2n) is 3.85. The van der Waals surface area contributed by atoms with Crippen molar-refractivity contribution in [1.29, 1.82) is 0 Å². The van der Waals surface area contributed by atoms with Gasteiger partial charge >= 0.3 is 5.97 Å². The van der Waals surface area contributed by atoms with E-state index in [0.717, 1.165) is 0 Å². The second kappa shape index (κ2) is 5.78. The first kappa shape index (κ1) is 14.1. The molecule has 2 rings (SSSR count). The number of nitrogens with zero attached hydrogens (tertiary/aromatic N) is 1. The highest BCUT2D eigenvalue weighted by Gasteiger charge is 2.10. The Morgan fingerprint density at radius 2 is 1.74 bits per heavy atom. The molecule has 0 aliphatic rings. The van der Waals surface area contributed by atoms with Crippen LogP contribution >= 0.6 is 34.8 Å². The van der Waals surface area contributed by atoms with Crippen molar-refractivity contribution in [3.05, 3.63) is 51.1 Å². The summed E-state index contributed by atoms with van der Waals surface area (Å²) < 4.78 is 0. The number of carboxylic acid groups (broad SMARTS) is 1. The van der Waals surface area contributed by atoms with E-state index >= 15 is 0 Å². The highest BCUT2D eigenvalue weighted by Crippen LogP contribution is 2.27. The normalized spacial score (nSPS) is 10.5. The zero-order chi connectivity index (χ0) is 14.0. The number of hydrogen-bond donors (Lipinski definition) is 1. The molecule has 0 aliphatic heterocycles. The highest BCUT2D eigenvalue weighted by molar-refractivity contribution is 6.35. The highest BCUT2D eigenvalue weighted by atomic mass is 35.5. The van der Waals surface area contributed by atoms with E-state index in [1.54, 1.807) is 30.3 Å². The van der Waals surface area contributed by atoms with Crippen molar-refractivity contribution in [2.24, 2.45) is 0 Å². The Labute approximate surface area is 124 Å². The smallest absolute Gasteiger partial charge is 0.309 e. The van der Waals surface area contributed by atoms with Gasteiger partial charge in [0, 0.05) is 15.6 Å². The summed E-state index contributed by atoms with van der Waals surface area (Å²) in [6.07, 6.45) is -0.235. The lowest BCUT2D eigenvalue weighted by molar-refractivity contribution is -0.136. The van der Waals surface area contributed by atoms with Gasteiger partial charge in [-0.2, -0.15) is 0 Å². The van der Waals surface area contributed by atoms with Crippen LogP contribution in [-0.4, -0.2) is 16.1 Å². The molecule has 6 heteroatoms. The SMILES string of the molecule is O=C(O)Cc1nc(-c2cc(Cl)cc(Cl)c2)ccc1Cl. The summed E-state index contributed by atoms with van der Waals surface area (Å²) in [5.74, 6) is -0.990. The molecule has 98 valence electrons. The number of carbonyl (C=O) groups is 1. The van der Waals surface area contributed by atoms with E-state index in [-0.39, 0.29) is 6.42 Å². The molecule has 0 spiro atoms. The number of carboxylic acids is 1. The predicted octanol–water partition coefficient (Wildman–Crippen LogP) is 4.34. The van der Waals surface area contributed by atoms with Crippen LogP contribution in [0.25, 0.3) is 11.3 Å². The number of benzene rings is 1. The summed E-state index contributed by atoms with van der Waals surface area (Å²) in [4.78, 5) is 15.0. The molecule has 1 heterocycles. The molecule has 1 aromatic carbocycles. The maximum absolute atomic E-state index is 10.7. The Bertz CT molecular complexity index is 624. The molecule has 0 radical (unpaired) electrons. The van der Waals surface area contributed by atoms with E-state index in [1.807, 2.05) is 0 Å². The van der Waals surface area contributed by atoms with Gasteiger partial charge in [0.05, 0.1) is 22.8 Å². The van der Waals surface area contributed by atoms with Crippen molar-refractivity contribution in [2.45, 2.75) is 6.42 Å². The van der Waals surface area contributed by atoms with Gasteiger partial charge in [0.1, 0.15) is 0 Å². The van der Waals surface area contributed by atoms with Gasteiger partial charge in [0.15, 0.2) is 0 Å². The molecule has 3 nitrogen and oxygen atoms in total. The lowest BCUT2D eigenvalue weighted by Gasteiger charge is -2.06. The fourth-order valence-corrected chi connectivity index (χ4v) is 2.31. The largest absolute Gasteiger partial charge is 0.481 e. The molecule has 2 aromatic rings. The van der Waals surface area contributed by atoms with Gasteiger partial charge in [-0.3, -0.25) is 9.78 Å². The zero-order valence-corrected chi connectivity index (χ0v) is 11.8. The Morgan fingerprint density at radius 1 is 1.11 bits per heavy atom. The van der Waals surface area contributed by atoms with Crippen LogP contribution in [0.3, 0.4) is 0 Å². The van der Waals surface area contributed by atoms with Gasteiger partial charge in [-0.1, -0.05) is 34.8 Å². The molecule has 0 saturated heterocycles. The monoisotopic (exact) mass is 315 g/mol. The van der Waals surface area contributed by atoms with Gasteiger partial charge in [0.25, 0.3) is 0 Å². The number of aromatic nitrogens is 1. The first-order valence-corrected chi connectivity index (χ1v) is 6.43. The Hall–Kier alpha value is -1.29. The first-order valence-electron chi connectivity index (χ1n) is 5.29. The molecule has 0 bridgehead atoms. The third-order valence-corrected chi connectivity index (χ3v) is 3.18. The van der Waals surface area contributed by atoms with Crippen LogP contribution in [0.2, 0.25) is 15.1 Å². The summed E-state index contributed by atoms with van der Waals surface area (Å²) in [5, 5.41) is 10.1. The number of halogens is 3. The minimum absolute atomic E-state index is 0.235. The molecule has 0 aliphatic carbocycles. The topological polar surface area (TPSA) is 50.2 Å². The summed E-state index contributed by atoms with van der Waals surface area (Å²) in [6.45, 7) is 0. The van der Waals surface area contributed by atoms with E-state index in [2.05, 4.69) is 4.98 Å². The quantitative estimate of drug-likeness (QED) is 0.916. The van der Waals surface area contributed by atoms with Gasteiger partial charge in [-0.15, -0.1) is 0 Å². The lowest BCUT2D eigenvalue weighted by atomic mass is 10.1. The summed E-state index contributed by atoms with van der Waals surface area (Å²) in [6, 6.07) is 8.32. The van der Waals surface area contributed by atoms with Crippen molar-refractivity contribution < 1.29 is 9.90 Å². The first-order chi connectivity index (χ1) is 8.95. The zero-order valence-electron chi connectivity index (χ0n) is 9.53. The molecule has 1 N–H and O–H groups in total. The van der Waals surface area contributed by atoms with E-state index in [4.69, 9.17) is 39.9 Å². The van der Waals surface area contributed by atoms with Gasteiger partial charge in [-0.05, 0) is 30.3 Å². The molecule has 0 amide bonds. The Morgan fingerprint density at radius 3 is 2.32 bits per heavy atom. The van der Waals surface area contributed by atoms with Crippen molar-refractivity contribution >= 4 is 40.8 Å². The third-order valence-electron chi connectivity index (χ3n) is 2.40. The fraction of sp³-hybridized carbons (Fsp3) is 0.0769. The number of rotatable bonds is 3. The molecule has 0 atom stereocenters. The van der Waals surface area contributed by atoms with E-state index in [0.29, 0.717) is 32.0 Å². The number of hydrogen-bond acceptors (Lipinski definition) is 2. The van der Waals surface area contributed by atoms with Crippen LogP contribution in [-0.2, 0) is 11.2 Å². The maximum atomic E-state index is 10.7. The van der Waals surface area contributed by atoms with Crippen LogP contribution in [0.1, 0.15) is 5.69 Å². The molecular formula is C13H8Cl3NO2. The molecule has 0 fully saturated rings. The van der Waals surface area contributed by atoms with Crippen LogP contribution in [0.15, 0.2) is 30.3 Å². The minimum atomic E-state index is -0.990. The summed E-state index contributed by atoms with van der Waals surface area (Å²) in [5.41, 5.74) is 1.59. The Kier molecular flexibility index (Phi) is 4.30. The number of pyridine rings is 1. The summed E-state index contributed by atoms with van der Waals surface area (Å²) >= 11 is 17.8. The molecular weight excluding hydrogens is 309 g/mol. The van der Waals surface area contributed by atoms with Gasteiger partial charge in [0.2, 0.25) is 0 Å². The molecule has 1 aromatic heterocycles. The van der Waals surface area contributed by atoms with Crippen LogP contribution in [0.5, 0.6) is 0 Å². The van der Waals surface area contributed by atoms with Crippen molar-refractivity contribution in [3.8, 4) is 11.3 Å². The molecule has 0 unspecified atom stereocenters. The fourth-order valence-electron chi connectivity index (χ4n) is 1.61. The molecule has 0 saturated carbocycles. The number of aliphatic carboxylic acids is 1. The summed E-state index contributed by atoms with van der Waals surface area (Å²) in [7, 11) is 0. The van der Waals surface area contributed by atoms with Crippen molar-refractivity contribution in [2.75, 3.05) is 0 Å². The van der Waals surface area contributed by atoms with Crippen molar-refractivity contribution in [1.82, 2.24) is 4.98 Å². The maximum Gasteiger partial charge on any atom is 0.309 e. The second-order valence-corrected chi connectivity index (χ2v) is 5.13.